The summed E-state index contributed by atoms with van der Waals surface area (Å²) in [7, 11) is 3.21. The number of benzene rings is 2. The maximum absolute atomic E-state index is 12.8. The number of carboxylic acid groups (broad SMARTS) is 1. The zero-order chi connectivity index (χ0) is 22.7. The van der Waals surface area contributed by atoms with Crippen molar-refractivity contribution in [2.24, 2.45) is 4.99 Å². The number of rotatable bonds is 6. The van der Waals surface area contributed by atoms with Gasteiger partial charge in [0, 0.05) is 11.5 Å². The van der Waals surface area contributed by atoms with E-state index >= 15 is 0 Å². The Labute approximate surface area is 192 Å². The molecule has 1 amide bonds. The normalized spacial score (nSPS) is 16.3. The van der Waals surface area contributed by atoms with Gasteiger partial charge in [-0.05, 0) is 67.1 Å². The second-order valence-corrected chi connectivity index (χ2v) is 8.45. The molecule has 0 atom stereocenters. The number of amidine groups is 1. The van der Waals surface area contributed by atoms with Gasteiger partial charge in [0.05, 0.1) is 29.9 Å². The van der Waals surface area contributed by atoms with E-state index in [1.165, 1.54) is 22.7 Å². The number of carbonyl (C=O) groups is 2. The molecule has 3 rings (SSSR count). The molecule has 31 heavy (non-hydrogen) atoms. The highest BCUT2D eigenvalue weighted by molar-refractivity contribution is 9.10. The van der Waals surface area contributed by atoms with Crippen LogP contribution in [0.25, 0.3) is 6.08 Å². The van der Waals surface area contributed by atoms with E-state index in [9.17, 15) is 14.7 Å². The van der Waals surface area contributed by atoms with Crippen LogP contribution >= 0.6 is 27.7 Å². The average molecular weight is 505 g/mol. The number of carboxylic acids is 1. The molecule has 1 aliphatic heterocycles. The quantitative estimate of drug-likeness (QED) is 0.550. The van der Waals surface area contributed by atoms with Crippen LogP contribution in [0.1, 0.15) is 28.4 Å². The number of aromatic carboxylic acids is 1. The third kappa shape index (κ3) is 4.77. The van der Waals surface area contributed by atoms with Crippen LogP contribution in [-0.4, -0.2) is 47.8 Å². The fraction of sp³-hybridized carbons (Fsp3) is 0.227. The molecule has 1 saturated heterocycles. The summed E-state index contributed by atoms with van der Waals surface area (Å²) in [6.45, 7) is 4.07. The number of hydrogen-bond acceptors (Lipinski definition) is 6. The van der Waals surface area contributed by atoms with Crippen LogP contribution in [0.3, 0.4) is 0 Å². The lowest BCUT2D eigenvalue weighted by Crippen LogP contribution is -2.23. The highest BCUT2D eigenvalue weighted by Crippen LogP contribution is 2.38. The van der Waals surface area contributed by atoms with Gasteiger partial charge in [-0.2, -0.15) is 0 Å². The van der Waals surface area contributed by atoms with Gasteiger partial charge in [-0.1, -0.05) is 22.0 Å². The second-order valence-electron chi connectivity index (χ2n) is 6.58. The zero-order valence-corrected chi connectivity index (χ0v) is 19.8. The summed E-state index contributed by atoms with van der Waals surface area (Å²) >= 11 is 4.74. The number of hydrogen-bond donors (Lipinski definition) is 1. The van der Waals surface area contributed by atoms with Gasteiger partial charge >= 0.3 is 5.97 Å². The summed E-state index contributed by atoms with van der Waals surface area (Å²) in [5.74, 6) is -0.0390. The van der Waals surface area contributed by atoms with Crippen molar-refractivity contribution < 1.29 is 24.2 Å². The summed E-state index contributed by atoms with van der Waals surface area (Å²) in [4.78, 5) is 30.7. The summed E-state index contributed by atoms with van der Waals surface area (Å²) in [5, 5.41) is 9.79. The molecule has 0 radical (unpaired) electrons. The van der Waals surface area contributed by atoms with Crippen LogP contribution in [0.15, 0.2) is 44.7 Å². The smallest absolute Gasteiger partial charge is 0.336 e. The van der Waals surface area contributed by atoms with Crippen molar-refractivity contribution in [1.82, 2.24) is 4.90 Å². The minimum absolute atomic E-state index is 0.181. The third-order valence-electron chi connectivity index (χ3n) is 4.62. The molecule has 2 aromatic rings. The molecular weight excluding hydrogens is 484 g/mol. The van der Waals surface area contributed by atoms with E-state index in [1.54, 1.807) is 45.4 Å². The first-order valence-corrected chi connectivity index (χ1v) is 11.0. The first-order chi connectivity index (χ1) is 14.8. The average Bonchev–Trinajstić information content (AvgIpc) is 2.99. The van der Waals surface area contributed by atoms with Gasteiger partial charge in [-0.25, -0.2) is 9.79 Å². The molecule has 0 bridgehead atoms. The summed E-state index contributed by atoms with van der Waals surface area (Å²) in [5.41, 5.74) is 1.99. The van der Waals surface area contributed by atoms with Crippen molar-refractivity contribution in [3.05, 3.63) is 56.4 Å². The molecule has 1 N–H and O–H groups in total. The molecule has 9 heteroatoms. The van der Waals surface area contributed by atoms with Crippen molar-refractivity contribution in [2.75, 3.05) is 20.8 Å². The van der Waals surface area contributed by atoms with E-state index in [4.69, 9.17) is 9.47 Å². The van der Waals surface area contributed by atoms with Crippen molar-refractivity contribution in [1.29, 1.82) is 0 Å². The number of nitrogens with zero attached hydrogens (tertiary/aromatic N) is 2. The Morgan fingerprint density at radius 1 is 1.32 bits per heavy atom. The second kappa shape index (κ2) is 9.57. The number of methoxy groups -OCH3 is 1. The Balaban J connectivity index is 1.98. The standard InChI is InChI=1S/C22H21BrN2O5S/c1-5-30-18-9-13(15(23)11-17(18)29-4)10-19-20(26)25(3)22(31-19)24-16-8-6-7-14(12(16)2)21(27)28/h6-11H,5H2,1-4H3,(H,27,28)/b19-10-,24-22?. The Morgan fingerprint density at radius 3 is 2.71 bits per heavy atom. The van der Waals surface area contributed by atoms with Crippen molar-refractivity contribution in [3.63, 3.8) is 0 Å². The first kappa shape index (κ1) is 22.9. The third-order valence-corrected chi connectivity index (χ3v) is 6.37. The van der Waals surface area contributed by atoms with Gasteiger partial charge in [0.25, 0.3) is 5.91 Å². The van der Waals surface area contributed by atoms with Crippen molar-refractivity contribution >= 4 is 56.5 Å². The number of thioether (sulfide) groups is 1. The first-order valence-electron chi connectivity index (χ1n) is 9.36. The minimum Gasteiger partial charge on any atom is -0.493 e. The molecule has 1 heterocycles. The fourth-order valence-electron chi connectivity index (χ4n) is 2.96. The zero-order valence-electron chi connectivity index (χ0n) is 17.4. The van der Waals surface area contributed by atoms with Crippen LogP contribution in [-0.2, 0) is 4.79 Å². The Hall–Kier alpha value is -2.78. The van der Waals surface area contributed by atoms with E-state index in [1.807, 2.05) is 13.0 Å². The number of likely N-dealkylation sites (N-methyl/N-ethyl adjacent to an activating group) is 1. The molecule has 1 aliphatic rings. The monoisotopic (exact) mass is 504 g/mol. The van der Waals surface area contributed by atoms with Crippen LogP contribution in [0, 0.1) is 6.92 Å². The van der Waals surface area contributed by atoms with Gasteiger partial charge in [0.2, 0.25) is 0 Å². The van der Waals surface area contributed by atoms with E-state index in [-0.39, 0.29) is 11.5 Å². The highest BCUT2D eigenvalue weighted by atomic mass is 79.9. The predicted octanol–water partition coefficient (Wildman–Crippen LogP) is 5.10. The predicted molar refractivity (Wildman–Crippen MR) is 125 cm³/mol. The van der Waals surface area contributed by atoms with Crippen LogP contribution < -0.4 is 9.47 Å². The Bertz CT molecular complexity index is 1110. The van der Waals surface area contributed by atoms with Crippen molar-refractivity contribution in [3.8, 4) is 11.5 Å². The lowest BCUT2D eigenvalue weighted by atomic mass is 10.1. The Kier molecular flexibility index (Phi) is 7.07. The molecule has 0 spiro atoms. The van der Waals surface area contributed by atoms with Gasteiger partial charge in [-0.15, -0.1) is 0 Å². The van der Waals surface area contributed by atoms with Crippen LogP contribution in [0.5, 0.6) is 11.5 Å². The number of ether oxygens (including phenoxy) is 2. The maximum atomic E-state index is 12.8. The van der Waals surface area contributed by atoms with E-state index in [0.717, 1.165) is 10.0 Å². The van der Waals surface area contributed by atoms with Crippen LogP contribution in [0.4, 0.5) is 5.69 Å². The number of aliphatic imine (C=N–C) groups is 1. The lowest BCUT2D eigenvalue weighted by molar-refractivity contribution is -0.121. The molecule has 0 saturated carbocycles. The van der Waals surface area contributed by atoms with E-state index < -0.39 is 5.97 Å². The Morgan fingerprint density at radius 2 is 2.06 bits per heavy atom. The maximum Gasteiger partial charge on any atom is 0.336 e. The van der Waals surface area contributed by atoms with Gasteiger partial charge in [0.1, 0.15) is 0 Å². The van der Waals surface area contributed by atoms with Gasteiger partial charge in [-0.3, -0.25) is 9.69 Å². The molecule has 2 aromatic carbocycles. The summed E-state index contributed by atoms with van der Waals surface area (Å²) in [6.07, 6.45) is 1.76. The highest BCUT2D eigenvalue weighted by Gasteiger charge is 2.31. The SMILES string of the molecule is CCOc1cc(/C=C2\SC(=Nc3cccc(C(=O)O)c3C)N(C)C2=O)c(Br)cc1OC. The molecule has 1 fully saturated rings. The van der Waals surface area contributed by atoms with E-state index in [2.05, 4.69) is 20.9 Å². The number of amides is 1. The minimum atomic E-state index is -1.02. The number of carbonyl (C=O) groups excluding carboxylic acids is 1. The number of halogens is 1. The summed E-state index contributed by atoms with van der Waals surface area (Å²) in [6, 6.07) is 8.49. The topological polar surface area (TPSA) is 88.4 Å². The lowest BCUT2D eigenvalue weighted by Gasteiger charge is -2.11. The fourth-order valence-corrected chi connectivity index (χ4v) is 4.37. The molecule has 162 valence electrons. The molecule has 0 aliphatic carbocycles. The molecule has 0 unspecified atom stereocenters. The van der Waals surface area contributed by atoms with Gasteiger partial charge < -0.3 is 14.6 Å². The molecule has 7 nitrogen and oxygen atoms in total. The van der Waals surface area contributed by atoms with Crippen molar-refractivity contribution in [2.45, 2.75) is 13.8 Å². The van der Waals surface area contributed by atoms with E-state index in [0.29, 0.717) is 39.4 Å². The molecular formula is C22H21BrN2O5S. The van der Waals surface area contributed by atoms with Crippen LogP contribution in [0.2, 0.25) is 0 Å². The largest absolute Gasteiger partial charge is 0.493 e. The molecule has 0 aromatic heterocycles. The summed E-state index contributed by atoms with van der Waals surface area (Å²) < 4.78 is 11.7. The van der Waals surface area contributed by atoms with Gasteiger partial charge in [0.15, 0.2) is 16.7 Å².